The molecule has 1 saturated heterocycles. The highest BCUT2D eigenvalue weighted by Crippen LogP contribution is 2.24. The highest BCUT2D eigenvalue weighted by atomic mass is 16.2. The van der Waals surface area contributed by atoms with Gasteiger partial charge in [-0.1, -0.05) is 17.3 Å². The van der Waals surface area contributed by atoms with Crippen molar-refractivity contribution < 1.29 is 4.79 Å². The molecule has 0 spiro atoms. The van der Waals surface area contributed by atoms with Gasteiger partial charge in [0.2, 0.25) is 5.91 Å². The Bertz CT molecular complexity index is 999. The molecule has 2 aromatic heterocycles. The predicted molar refractivity (Wildman–Crippen MR) is 109 cm³/mol. The van der Waals surface area contributed by atoms with E-state index in [-0.39, 0.29) is 5.91 Å². The van der Waals surface area contributed by atoms with E-state index in [1.807, 2.05) is 37.5 Å². The molecule has 0 radical (unpaired) electrons. The second-order valence-electron chi connectivity index (χ2n) is 7.54. The fraction of sp³-hybridized carbons (Fsp3) is 0.400. The van der Waals surface area contributed by atoms with Crippen molar-refractivity contribution in [3.63, 3.8) is 0 Å². The van der Waals surface area contributed by atoms with E-state index in [9.17, 15) is 4.79 Å². The molecule has 146 valence electrons. The van der Waals surface area contributed by atoms with Crippen molar-refractivity contribution >= 4 is 22.5 Å². The largest absolute Gasteiger partial charge is 0.310 e. The Kier molecular flexibility index (Phi) is 5.06. The van der Waals surface area contributed by atoms with Gasteiger partial charge in [-0.3, -0.25) is 14.4 Å². The van der Waals surface area contributed by atoms with Crippen LogP contribution in [-0.4, -0.2) is 75.0 Å². The zero-order valence-electron chi connectivity index (χ0n) is 16.5. The molecule has 1 aromatic carbocycles. The van der Waals surface area contributed by atoms with Gasteiger partial charge in [0.1, 0.15) is 11.5 Å². The maximum absolute atomic E-state index is 12.5. The van der Waals surface area contributed by atoms with Crippen LogP contribution in [0.1, 0.15) is 6.92 Å². The van der Waals surface area contributed by atoms with Gasteiger partial charge in [0.05, 0.1) is 12.7 Å². The third-order valence-corrected chi connectivity index (χ3v) is 5.20. The Hall–Kier alpha value is -2.84. The minimum atomic E-state index is -0.0340. The first kappa shape index (κ1) is 18.5. The molecule has 3 heterocycles. The van der Waals surface area contributed by atoms with Gasteiger partial charge in [0.25, 0.3) is 0 Å². The molecule has 1 aliphatic rings. The van der Waals surface area contributed by atoms with Crippen LogP contribution in [0.15, 0.2) is 36.7 Å². The quantitative estimate of drug-likeness (QED) is 0.742. The lowest BCUT2D eigenvalue weighted by atomic mass is 10.1. The van der Waals surface area contributed by atoms with E-state index in [0.29, 0.717) is 18.4 Å². The van der Waals surface area contributed by atoms with E-state index in [0.717, 1.165) is 41.7 Å². The van der Waals surface area contributed by atoms with Gasteiger partial charge in [0, 0.05) is 49.9 Å². The number of benzene rings is 1. The molecule has 0 bridgehead atoms. The van der Waals surface area contributed by atoms with Crippen molar-refractivity contribution in [3.05, 3.63) is 36.7 Å². The molecule has 1 amide bonds. The molecule has 4 rings (SSSR count). The summed E-state index contributed by atoms with van der Waals surface area (Å²) < 4.78 is 1.68. The van der Waals surface area contributed by atoms with Crippen LogP contribution in [0.3, 0.4) is 0 Å². The number of anilines is 1. The summed E-state index contributed by atoms with van der Waals surface area (Å²) in [5.74, 6) is 0.531. The Balaban J connectivity index is 1.48. The van der Waals surface area contributed by atoms with Gasteiger partial charge in [-0.2, -0.15) is 0 Å². The number of likely N-dealkylation sites (N-methyl/N-ethyl adjacent to an activating group) is 1. The zero-order valence-corrected chi connectivity index (χ0v) is 16.5. The zero-order chi connectivity index (χ0) is 19.7. The normalized spacial score (nSPS) is 18.5. The number of amides is 1. The fourth-order valence-corrected chi connectivity index (χ4v) is 3.63. The van der Waals surface area contributed by atoms with Crippen LogP contribution in [0.4, 0.5) is 5.82 Å². The standard InChI is InChI=1S/C20H25N7O/c1-14-11-25(2)6-7-27(14)13-20(28)22-19-9-17-8-15(4-5-16(17)10-21-19)18-12-26(3)24-23-18/h4-5,8-10,12,14H,6-7,11,13H2,1-3H3,(H,21,22,28)/t14-/m0/s1. The molecular weight excluding hydrogens is 354 g/mol. The highest BCUT2D eigenvalue weighted by Gasteiger charge is 2.23. The summed E-state index contributed by atoms with van der Waals surface area (Å²) >= 11 is 0. The predicted octanol–water partition coefficient (Wildman–Crippen LogP) is 1.60. The highest BCUT2D eigenvalue weighted by molar-refractivity contribution is 5.94. The summed E-state index contributed by atoms with van der Waals surface area (Å²) in [6.07, 6.45) is 3.66. The number of rotatable bonds is 4. The van der Waals surface area contributed by atoms with Gasteiger partial charge < -0.3 is 10.2 Å². The van der Waals surface area contributed by atoms with Gasteiger partial charge in [-0.25, -0.2) is 4.98 Å². The van der Waals surface area contributed by atoms with Crippen molar-refractivity contribution in [2.75, 3.05) is 38.5 Å². The van der Waals surface area contributed by atoms with E-state index in [1.54, 1.807) is 10.9 Å². The average molecular weight is 379 g/mol. The number of nitrogens with one attached hydrogen (secondary N) is 1. The molecule has 8 heteroatoms. The number of carbonyl (C=O) groups is 1. The van der Waals surface area contributed by atoms with Crippen molar-refractivity contribution in [1.82, 2.24) is 29.8 Å². The Morgan fingerprint density at radius 2 is 2.07 bits per heavy atom. The minimum absolute atomic E-state index is 0.0340. The van der Waals surface area contributed by atoms with E-state index in [4.69, 9.17) is 0 Å². The summed E-state index contributed by atoms with van der Waals surface area (Å²) in [6.45, 7) is 5.40. The first-order valence-corrected chi connectivity index (χ1v) is 9.47. The van der Waals surface area contributed by atoms with Crippen molar-refractivity contribution in [2.45, 2.75) is 13.0 Å². The smallest absolute Gasteiger partial charge is 0.239 e. The van der Waals surface area contributed by atoms with Gasteiger partial charge in [-0.05, 0) is 31.5 Å². The van der Waals surface area contributed by atoms with Gasteiger partial charge in [0.15, 0.2) is 0 Å². The van der Waals surface area contributed by atoms with Crippen LogP contribution in [0.25, 0.3) is 22.0 Å². The van der Waals surface area contributed by atoms with E-state index < -0.39 is 0 Å². The molecule has 0 unspecified atom stereocenters. The molecule has 8 nitrogen and oxygen atoms in total. The lowest BCUT2D eigenvalue weighted by Gasteiger charge is -2.37. The molecule has 1 aliphatic heterocycles. The number of nitrogens with zero attached hydrogens (tertiary/aromatic N) is 6. The van der Waals surface area contributed by atoms with Crippen LogP contribution < -0.4 is 5.32 Å². The third kappa shape index (κ3) is 4.02. The van der Waals surface area contributed by atoms with Crippen LogP contribution in [0.5, 0.6) is 0 Å². The van der Waals surface area contributed by atoms with Crippen LogP contribution in [-0.2, 0) is 11.8 Å². The van der Waals surface area contributed by atoms with Crippen molar-refractivity contribution in [3.8, 4) is 11.3 Å². The summed E-state index contributed by atoms with van der Waals surface area (Å²) in [6, 6.07) is 8.31. The lowest BCUT2D eigenvalue weighted by Crippen LogP contribution is -2.52. The second kappa shape index (κ2) is 7.65. The van der Waals surface area contributed by atoms with E-state index in [1.165, 1.54) is 0 Å². The Labute approximate surface area is 164 Å². The van der Waals surface area contributed by atoms with Crippen LogP contribution in [0, 0.1) is 0 Å². The molecule has 1 fully saturated rings. The van der Waals surface area contributed by atoms with Crippen LogP contribution >= 0.6 is 0 Å². The van der Waals surface area contributed by atoms with Gasteiger partial charge in [-0.15, -0.1) is 5.10 Å². The number of aromatic nitrogens is 4. The number of piperazine rings is 1. The second-order valence-corrected chi connectivity index (χ2v) is 7.54. The van der Waals surface area contributed by atoms with Gasteiger partial charge >= 0.3 is 0 Å². The van der Waals surface area contributed by atoms with Crippen molar-refractivity contribution in [2.24, 2.45) is 7.05 Å². The summed E-state index contributed by atoms with van der Waals surface area (Å²) in [5.41, 5.74) is 1.80. The molecule has 28 heavy (non-hydrogen) atoms. The summed E-state index contributed by atoms with van der Waals surface area (Å²) in [5, 5.41) is 13.1. The summed E-state index contributed by atoms with van der Waals surface area (Å²) in [4.78, 5) is 21.4. The average Bonchev–Trinajstić information content (AvgIpc) is 3.10. The molecular formula is C20H25N7O. The number of hydrogen-bond donors (Lipinski definition) is 1. The Morgan fingerprint density at radius 1 is 1.21 bits per heavy atom. The monoisotopic (exact) mass is 379 g/mol. The molecule has 0 saturated carbocycles. The number of fused-ring (bicyclic) bond motifs is 1. The maximum Gasteiger partial charge on any atom is 0.239 e. The Morgan fingerprint density at radius 3 is 2.82 bits per heavy atom. The number of aryl methyl sites for hydroxylation is 1. The topological polar surface area (TPSA) is 79.2 Å². The maximum atomic E-state index is 12.5. The van der Waals surface area contributed by atoms with Crippen LogP contribution in [0.2, 0.25) is 0 Å². The molecule has 0 aliphatic carbocycles. The first-order valence-electron chi connectivity index (χ1n) is 9.47. The lowest BCUT2D eigenvalue weighted by molar-refractivity contribution is -0.118. The first-order chi connectivity index (χ1) is 13.5. The van der Waals surface area contributed by atoms with Crippen molar-refractivity contribution in [1.29, 1.82) is 0 Å². The van der Waals surface area contributed by atoms with E-state index in [2.05, 4.69) is 44.4 Å². The number of carbonyl (C=O) groups excluding carboxylic acids is 1. The number of pyridine rings is 1. The molecule has 1 atom stereocenters. The summed E-state index contributed by atoms with van der Waals surface area (Å²) in [7, 11) is 3.96. The number of hydrogen-bond acceptors (Lipinski definition) is 6. The third-order valence-electron chi connectivity index (χ3n) is 5.20. The SMILES string of the molecule is C[C@H]1CN(C)CCN1CC(=O)Nc1cc2cc(-c3cn(C)nn3)ccc2cn1. The molecule has 3 aromatic rings. The minimum Gasteiger partial charge on any atom is -0.310 e. The van der Waals surface area contributed by atoms with E-state index >= 15 is 0 Å². The fourth-order valence-electron chi connectivity index (χ4n) is 3.63. The molecule has 1 N–H and O–H groups in total.